The Morgan fingerprint density at radius 3 is 2.46 bits per heavy atom. The SMILES string of the molecule is CCC(=O)c1ccc(OCC(=O)N[C@H](CC)c2ccnn2C)cc1. The predicted octanol–water partition coefficient (Wildman–Crippen LogP) is 2.66. The van der Waals surface area contributed by atoms with E-state index in [1.54, 1.807) is 35.1 Å². The molecule has 1 aromatic heterocycles. The van der Waals surface area contributed by atoms with Crippen molar-refractivity contribution in [3.05, 3.63) is 47.8 Å². The van der Waals surface area contributed by atoms with Gasteiger partial charge in [-0.15, -0.1) is 0 Å². The minimum Gasteiger partial charge on any atom is -0.484 e. The smallest absolute Gasteiger partial charge is 0.258 e. The van der Waals surface area contributed by atoms with Gasteiger partial charge in [0, 0.05) is 25.2 Å². The maximum absolute atomic E-state index is 12.1. The highest BCUT2D eigenvalue weighted by atomic mass is 16.5. The highest BCUT2D eigenvalue weighted by molar-refractivity contribution is 5.95. The molecule has 0 aliphatic carbocycles. The van der Waals surface area contributed by atoms with Crippen LogP contribution in [0.1, 0.15) is 48.8 Å². The summed E-state index contributed by atoms with van der Waals surface area (Å²) in [5.74, 6) is 0.449. The normalized spacial score (nSPS) is 11.8. The summed E-state index contributed by atoms with van der Waals surface area (Å²) < 4.78 is 7.23. The number of ether oxygens (including phenoxy) is 1. The van der Waals surface area contributed by atoms with Crippen molar-refractivity contribution in [2.24, 2.45) is 7.05 Å². The molecule has 1 atom stereocenters. The maximum Gasteiger partial charge on any atom is 0.258 e. The van der Waals surface area contributed by atoms with Crippen LogP contribution in [-0.2, 0) is 11.8 Å². The lowest BCUT2D eigenvalue weighted by atomic mass is 10.1. The van der Waals surface area contributed by atoms with Crippen LogP contribution in [0.5, 0.6) is 5.75 Å². The molecule has 128 valence electrons. The molecule has 0 saturated heterocycles. The Kier molecular flexibility index (Phi) is 6.12. The standard InChI is InChI=1S/C18H23N3O3/c1-4-15(16-10-11-19-21(16)3)20-18(23)12-24-14-8-6-13(7-9-14)17(22)5-2/h6-11,15H,4-5,12H2,1-3H3,(H,20,23)/t15-/m1/s1. The molecule has 1 heterocycles. The fourth-order valence-corrected chi connectivity index (χ4v) is 2.44. The van der Waals surface area contributed by atoms with Crippen molar-refractivity contribution in [2.45, 2.75) is 32.7 Å². The lowest BCUT2D eigenvalue weighted by Crippen LogP contribution is -2.33. The van der Waals surface area contributed by atoms with Crippen LogP contribution in [0.3, 0.4) is 0 Å². The topological polar surface area (TPSA) is 73.2 Å². The summed E-state index contributed by atoms with van der Waals surface area (Å²) in [5, 5.41) is 7.06. The molecular formula is C18H23N3O3. The summed E-state index contributed by atoms with van der Waals surface area (Å²) in [6.07, 6.45) is 2.94. The number of carbonyl (C=O) groups is 2. The Morgan fingerprint density at radius 2 is 1.92 bits per heavy atom. The quantitative estimate of drug-likeness (QED) is 0.756. The Morgan fingerprint density at radius 1 is 1.21 bits per heavy atom. The number of amides is 1. The third-order valence-corrected chi connectivity index (χ3v) is 3.83. The van der Waals surface area contributed by atoms with Gasteiger partial charge in [-0.1, -0.05) is 13.8 Å². The first-order valence-electron chi connectivity index (χ1n) is 8.08. The summed E-state index contributed by atoms with van der Waals surface area (Å²) in [4.78, 5) is 23.7. The van der Waals surface area contributed by atoms with E-state index in [2.05, 4.69) is 10.4 Å². The third kappa shape index (κ3) is 4.44. The molecule has 1 amide bonds. The van der Waals surface area contributed by atoms with Gasteiger partial charge in [-0.3, -0.25) is 14.3 Å². The van der Waals surface area contributed by atoms with E-state index in [1.165, 1.54) is 0 Å². The van der Waals surface area contributed by atoms with Gasteiger partial charge in [0.15, 0.2) is 12.4 Å². The highest BCUT2D eigenvalue weighted by Gasteiger charge is 2.16. The first-order chi connectivity index (χ1) is 11.5. The molecule has 0 saturated carbocycles. The van der Waals surface area contributed by atoms with Crippen LogP contribution < -0.4 is 10.1 Å². The number of ketones is 1. The van der Waals surface area contributed by atoms with Gasteiger partial charge in [-0.25, -0.2) is 0 Å². The van der Waals surface area contributed by atoms with Crippen LogP contribution >= 0.6 is 0 Å². The van der Waals surface area contributed by atoms with Gasteiger partial charge in [0.2, 0.25) is 0 Å². The second-order valence-electron chi connectivity index (χ2n) is 5.50. The minimum absolute atomic E-state index is 0.0740. The summed E-state index contributed by atoms with van der Waals surface area (Å²) in [5.41, 5.74) is 1.60. The van der Waals surface area contributed by atoms with Crippen LogP contribution in [0.25, 0.3) is 0 Å². The van der Waals surface area contributed by atoms with Crippen molar-refractivity contribution >= 4 is 11.7 Å². The molecule has 2 rings (SSSR count). The van der Waals surface area contributed by atoms with Crippen molar-refractivity contribution in [3.63, 3.8) is 0 Å². The minimum atomic E-state index is -0.197. The molecule has 1 N–H and O–H groups in total. The first-order valence-corrected chi connectivity index (χ1v) is 8.08. The summed E-state index contributed by atoms with van der Waals surface area (Å²) in [6.45, 7) is 3.75. The van der Waals surface area contributed by atoms with E-state index in [-0.39, 0.29) is 24.3 Å². The highest BCUT2D eigenvalue weighted by Crippen LogP contribution is 2.16. The van der Waals surface area contributed by atoms with Crippen LogP contribution in [0.15, 0.2) is 36.5 Å². The molecule has 2 aromatic rings. The predicted molar refractivity (Wildman–Crippen MR) is 90.9 cm³/mol. The second kappa shape index (κ2) is 8.29. The van der Waals surface area contributed by atoms with E-state index >= 15 is 0 Å². The van der Waals surface area contributed by atoms with Gasteiger partial charge in [-0.05, 0) is 36.8 Å². The molecule has 0 fully saturated rings. The van der Waals surface area contributed by atoms with E-state index in [4.69, 9.17) is 4.74 Å². The largest absolute Gasteiger partial charge is 0.484 e. The molecule has 0 bridgehead atoms. The summed E-state index contributed by atoms with van der Waals surface area (Å²) >= 11 is 0. The monoisotopic (exact) mass is 329 g/mol. The van der Waals surface area contributed by atoms with Crippen LogP contribution in [0, 0.1) is 0 Å². The summed E-state index contributed by atoms with van der Waals surface area (Å²) in [7, 11) is 1.85. The van der Waals surface area contributed by atoms with Gasteiger partial charge >= 0.3 is 0 Å². The lowest BCUT2D eigenvalue weighted by Gasteiger charge is -2.17. The van der Waals surface area contributed by atoms with E-state index < -0.39 is 0 Å². The van der Waals surface area contributed by atoms with E-state index in [9.17, 15) is 9.59 Å². The summed E-state index contributed by atoms with van der Waals surface area (Å²) in [6, 6.07) is 8.62. The number of rotatable bonds is 8. The molecule has 6 nitrogen and oxygen atoms in total. The molecule has 6 heteroatoms. The Labute approximate surface area is 141 Å². The van der Waals surface area contributed by atoms with Gasteiger partial charge < -0.3 is 10.1 Å². The van der Waals surface area contributed by atoms with Crippen LogP contribution in [0.4, 0.5) is 0 Å². The Balaban J connectivity index is 1.88. The number of Topliss-reactive ketones (excluding diaryl/α,β-unsaturated/α-hetero) is 1. The van der Waals surface area contributed by atoms with E-state index in [0.29, 0.717) is 17.7 Å². The van der Waals surface area contributed by atoms with Gasteiger partial charge in [0.1, 0.15) is 5.75 Å². The average molecular weight is 329 g/mol. The van der Waals surface area contributed by atoms with Crippen molar-refractivity contribution in [1.29, 1.82) is 0 Å². The molecule has 0 aliphatic rings. The number of aromatic nitrogens is 2. The molecular weight excluding hydrogens is 306 g/mol. The first kappa shape index (κ1) is 17.7. The zero-order valence-corrected chi connectivity index (χ0v) is 14.3. The van der Waals surface area contributed by atoms with Gasteiger partial charge in [-0.2, -0.15) is 5.10 Å². The average Bonchev–Trinajstić information content (AvgIpc) is 3.03. The molecule has 0 unspecified atom stereocenters. The Bertz CT molecular complexity index is 692. The molecule has 1 aromatic carbocycles. The molecule has 0 aliphatic heterocycles. The van der Waals surface area contributed by atoms with Gasteiger partial charge in [0.05, 0.1) is 11.7 Å². The maximum atomic E-state index is 12.1. The lowest BCUT2D eigenvalue weighted by molar-refractivity contribution is -0.123. The number of hydrogen-bond acceptors (Lipinski definition) is 4. The fraction of sp³-hybridized carbons (Fsp3) is 0.389. The van der Waals surface area contributed by atoms with Crippen molar-refractivity contribution in [3.8, 4) is 5.75 Å². The zero-order valence-electron chi connectivity index (χ0n) is 14.3. The van der Waals surface area contributed by atoms with Crippen molar-refractivity contribution in [2.75, 3.05) is 6.61 Å². The van der Waals surface area contributed by atoms with Crippen LogP contribution in [0.2, 0.25) is 0 Å². The molecule has 0 radical (unpaired) electrons. The van der Waals surface area contributed by atoms with Crippen LogP contribution in [-0.4, -0.2) is 28.1 Å². The fourth-order valence-electron chi connectivity index (χ4n) is 2.44. The Hall–Kier alpha value is -2.63. The third-order valence-electron chi connectivity index (χ3n) is 3.83. The number of nitrogens with zero attached hydrogens (tertiary/aromatic N) is 2. The van der Waals surface area contributed by atoms with Crippen molar-refractivity contribution < 1.29 is 14.3 Å². The number of benzene rings is 1. The van der Waals surface area contributed by atoms with E-state index in [0.717, 1.165) is 12.1 Å². The molecule has 0 spiro atoms. The molecule has 24 heavy (non-hydrogen) atoms. The number of aryl methyl sites for hydroxylation is 1. The number of carbonyl (C=O) groups excluding carboxylic acids is 2. The van der Waals surface area contributed by atoms with E-state index in [1.807, 2.05) is 27.0 Å². The number of hydrogen-bond donors (Lipinski definition) is 1. The zero-order chi connectivity index (χ0) is 17.5. The van der Waals surface area contributed by atoms with Gasteiger partial charge in [0.25, 0.3) is 5.91 Å². The number of nitrogens with one attached hydrogen (secondary N) is 1. The van der Waals surface area contributed by atoms with Crippen molar-refractivity contribution in [1.82, 2.24) is 15.1 Å². The second-order valence-corrected chi connectivity index (χ2v) is 5.50.